The van der Waals surface area contributed by atoms with Crippen molar-refractivity contribution in [3.05, 3.63) is 52.2 Å². The van der Waals surface area contributed by atoms with E-state index < -0.39 is 0 Å². The van der Waals surface area contributed by atoms with Gasteiger partial charge in [0.25, 0.3) is 5.91 Å². The first-order valence-electron chi connectivity index (χ1n) is 9.15. The van der Waals surface area contributed by atoms with Crippen molar-refractivity contribution in [2.45, 2.75) is 40.2 Å². The molecule has 0 spiro atoms. The number of carbonyl (C=O) groups excluding carboxylic acids is 1. The summed E-state index contributed by atoms with van der Waals surface area (Å²) in [6.45, 7) is 9.00. The van der Waals surface area contributed by atoms with Gasteiger partial charge in [-0.15, -0.1) is 11.3 Å². The van der Waals surface area contributed by atoms with Gasteiger partial charge in [0.1, 0.15) is 5.75 Å². The van der Waals surface area contributed by atoms with Crippen molar-refractivity contribution in [1.82, 2.24) is 9.55 Å². The lowest BCUT2D eigenvalue weighted by atomic mass is 10.1. The van der Waals surface area contributed by atoms with Crippen molar-refractivity contribution >= 4 is 22.4 Å². The molecule has 1 N–H and O–H groups in total. The fourth-order valence-corrected chi connectivity index (χ4v) is 4.49. The van der Waals surface area contributed by atoms with Crippen LogP contribution in [0.25, 0.3) is 11.3 Å². The molecule has 1 amide bonds. The zero-order valence-electron chi connectivity index (χ0n) is 16.0. The Kier molecular flexibility index (Phi) is 4.52. The van der Waals surface area contributed by atoms with E-state index >= 15 is 0 Å². The van der Waals surface area contributed by atoms with Crippen molar-refractivity contribution in [2.75, 3.05) is 11.9 Å². The average molecular weight is 382 g/mol. The lowest BCUT2D eigenvalue weighted by Crippen LogP contribution is -2.13. The van der Waals surface area contributed by atoms with Gasteiger partial charge in [-0.3, -0.25) is 10.1 Å². The molecule has 6 heteroatoms. The Morgan fingerprint density at radius 2 is 2.11 bits per heavy atom. The molecule has 27 heavy (non-hydrogen) atoms. The fraction of sp³-hybridized carbons (Fsp3) is 0.333. The van der Waals surface area contributed by atoms with Crippen molar-refractivity contribution in [3.8, 4) is 17.0 Å². The lowest BCUT2D eigenvalue weighted by molar-refractivity contribution is 0.102. The summed E-state index contributed by atoms with van der Waals surface area (Å²) in [4.78, 5) is 17.4. The second-order valence-corrected chi connectivity index (χ2v) is 8.02. The molecule has 0 fully saturated rings. The smallest absolute Gasteiger partial charge is 0.259 e. The molecule has 5 nitrogen and oxygen atoms in total. The van der Waals surface area contributed by atoms with Crippen LogP contribution in [0, 0.1) is 13.8 Å². The highest BCUT2D eigenvalue weighted by molar-refractivity contribution is 7.14. The molecular weight excluding hydrogens is 358 g/mol. The highest BCUT2D eigenvalue weighted by Crippen LogP contribution is 2.32. The molecule has 3 aromatic rings. The Hall–Kier alpha value is -2.60. The number of nitrogens with one attached hydrogen (secondary N) is 1. The van der Waals surface area contributed by atoms with E-state index in [2.05, 4.69) is 34.8 Å². The van der Waals surface area contributed by atoms with E-state index in [4.69, 9.17) is 4.74 Å². The second kappa shape index (κ2) is 6.85. The van der Waals surface area contributed by atoms with E-state index in [0.717, 1.165) is 41.4 Å². The second-order valence-electron chi connectivity index (χ2n) is 7.16. The summed E-state index contributed by atoms with van der Waals surface area (Å²) < 4.78 is 7.73. The number of rotatable bonds is 4. The maximum Gasteiger partial charge on any atom is 0.259 e. The highest BCUT2D eigenvalue weighted by Gasteiger charge is 2.19. The third-order valence-electron chi connectivity index (χ3n) is 4.96. The molecular formula is C21H23N3O2S. The number of hydrogen-bond donors (Lipinski definition) is 1. The summed E-state index contributed by atoms with van der Waals surface area (Å²) in [5.41, 5.74) is 5.91. The Labute approximate surface area is 163 Å². The van der Waals surface area contributed by atoms with E-state index in [1.807, 2.05) is 37.4 Å². The molecule has 0 atom stereocenters. The van der Waals surface area contributed by atoms with E-state index in [0.29, 0.717) is 16.7 Å². The number of anilines is 1. The predicted octanol–water partition coefficient (Wildman–Crippen LogP) is 5.00. The minimum atomic E-state index is -0.113. The van der Waals surface area contributed by atoms with Crippen LogP contribution < -0.4 is 10.1 Å². The molecule has 3 heterocycles. The Morgan fingerprint density at radius 3 is 2.85 bits per heavy atom. The first-order chi connectivity index (χ1) is 12.9. The monoisotopic (exact) mass is 381 g/mol. The van der Waals surface area contributed by atoms with Crippen molar-refractivity contribution in [2.24, 2.45) is 0 Å². The average Bonchev–Trinajstić information content (AvgIpc) is 3.32. The molecule has 0 saturated carbocycles. The molecule has 1 aliphatic rings. The van der Waals surface area contributed by atoms with Crippen molar-refractivity contribution in [3.63, 3.8) is 0 Å². The Morgan fingerprint density at radius 1 is 1.30 bits per heavy atom. The van der Waals surface area contributed by atoms with Crippen LogP contribution in [0.4, 0.5) is 5.13 Å². The summed E-state index contributed by atoms with van der Waals surface area (Å²) in [5, 5.41) is 5.54. The number of thiazole rings is 1. The van der Waals surface area contributed by atoms with E-state index in [-0.39, 0.29) is 5.91 Å². The first kappa shape index (κ1) is 17.8. The summed E-state index contributed by atoms with van der Waals surface area (Å²) in [7, 11) is 0. The van der Waals surface area contributed by atoms with Gasteiger partial charge in [0.15, 0.2) is 5.13 Å². The standard InChI is InChI=1S/C21H23N3O2S/c1-12(2)24-13(3)9-17(14(24)4)20(25)23-21-22-18(11-27-21)15-5-6-19-16(10-15)7-8-26-19/h5-6,9-12H,7-8H2,1-4H3,(H,22,23,25). The maximum absolute atomic E-state index is 12.7. The molecule has 2 aromatic heterocycles. The fourth-order valence-electron chi connectivity index (χ4n) is 3.78. The van der Waals surface area contributed by atoms with E-state index in [1.165, 1.54) is 16.9 Å². The molecule has 1 aromatic carbocycles. The SMILES string of the molecule is Cc1cc(C(=O)Nc2nc(-c3ccc4c(c3)CCO4)cs2)c(C)n1C(C)C. The summed E-state index contributed by atoms with van der Waals surface area (Å²) in [5.74, 6) is 0.848. The van der Waals surface area contributed by atoms with Crippen LogP contribution >= 0.6 is 11.3 Å². The van der Waals surface area contributed by atoms with Crippen LogP contribution in [0.3, 0.4) is 0 Å². The summed E-state index contributed by atoms with van der Waals surface area (Å²) in [6.07, 6.45) is 0.933. The van der Waals surface area contributed by atoms with E-state index in [1.54, 1.807) is 0 Å². The quantitative estimate of drug-likeness (QED) is 0.692. The number of aromatic nitrogens is 2. The van der Waals surface area contributed by atoms with Gasteiger partial charge in [-0.1, -0.05) is 0 Å². The molecule has 0 unspecified atom stereocenters. The zero-order valence-corrected chi connectivity index (χ0v) is 16.8. The number of hydrogen-bond acceptors (Lipinski definition) is 4. The van der Waals surface area contributed by atoms with Crippen LogP contribution in [-0.2, 0) is 6.42 Å². The van der Waals surface area contributed by atoms with Gasteiger partial charge in [0.2, 0.25) is 0 Å². The third kappa shape index (κ3) is 3.25. The maximum atomic E-state index is 12.7. The summed E-state index contributed by atoms with van der Waals surface area (Å²) >= 11 is 1.44. The third-order valence-corrected chi connectivity index (χ3v) is 5.71. The van der Waals surface area contributed by atoms with Gasteiger partial charge in [-0.05, 0) is 57.5 Å². The molecule has 0 aliphatic carbocycles. The molecule has 4 rings (SSSR count). The first-order valence-corrected chi connectivity index (χ1v) is 10.0. The van der Waals surface area contributed by atoms with Gasteiger partial charge in [0.05, 0.1) is 17.9 Å². The molecule has 0 radical (unpaired) electrons. The van der Waals surface area contributed by atoms with Crippen LogP contribution in [0.15, 0.2) is 29.6 Å². The van der Waals surface area contributed by atoms with Crippen molar-refractivity contribution in [1.29, 1.82) is 0 Å². The molecule has 0 saturated heterocycles. The number of amides is 1. The van der Waals surface area contributed by atoms with Crippen LogP contribution in [0.5, 0.6) is 5.75 Å². The van der Waals surface area contributed by atoms with Gasteiger partial charge < -0.3 is 9.30 Å². The Balaban J connectivity index is 1.55. The largest absolute Gasteiger partial charge is 0.493 e. The van der Waals surface area contributed by atoms with Crippen LogP contribution in [0.1, 0.15) is 47.2 Å². The normalized spacial score (nSPS) is 12.9. The van der Waals surface area contributed by atoms with E-state index in [9.17, 15) is 4.79 Å². The number of nitrogens with zero attached hydrogens (tertiary/aromatic N) is 2. The van der Waals surface area contributed by atoms with Gasteiger partial charge in [-0.25, -0.2) is 4.98 Å². The number of ether oxygens (including phenoxy) is 1. The zero-order chi connectivity index (χ0) is 19.1. The van der Waals surface area contributed by atoms with Gasteiger partial charge in [-0.2, -0.15) is 0 Å². The number of benzene rings is 1. The minimum Gasteiger partial charge on any atom is -0.493 e. The molecule has 0 bridgehead atoms. The molecule has 1 aliphatic heterocycles. The Bertz CT molecular complexity index is 1020. The van der Waals surface area contributed by atoms with Crippen molar-refractivity contribution < 1.29 is 9.53 Å². The van der Waals surface area contributed by atoms with Crippen LogP contribution in [-0.4, -0.2) is 22.1 Å². The highest BCUT2D eigenvalue weighted by atomic mass is 32.1. The van der Waals surface area contributed by atoms with Crippen LogP contribution in [0.2, 0.25) is 0 Å². The number of fused-ring (bicyclic) bond motifs is 1. The minimum absolute atomic E-state index is 0.113. The van der Waals surface area contributed by atoms with Gasteiger partial charge >= 0.3 is 0 Å². The number of aryl methyl sites for hydroxylation is 1. The number of carbonyl (C=O) groups is 1. The van der Waals surface area contributed by atoms with Gasteiger partial charge in [0, 0.05) is 34.8 Å². The topological polar surface area (TPSA) is 56.1 Å². The predicted molar refractivity (Wildman–Crippen MR) is 109 cm³/mol. The molecule has 140 valence electrons. The summed E-state index contributed by atoms with van der Waals surface area (Å²) in [6, 6.07) is 8.40. The lowest BCUT2D eigenvalue weighted by Gasteiger charge is -2.13.